The Balaban J connectivity index is 1.84. The minimum absolute atomic E-state index is 0.231. The molecule has 1 heteroatoms. The Hall–Kier alpha value is -1.24. The second kappa shape index (κ2) is 6.58. The van der Waals surface area contributed by atoms with Crippen molar-refractivity contribution in [1.82, 2.24) is 0 Å². The van der Waals surface area contributed by atoms with Gasteiger partial charge in [0.1, 0.15) is 11.3 Å². The first-order chi connectivity index (χ1) is 11.3. The fraction of sp³-hybridized carbons (Fsp3) is 0.652. The van der Waals surface area contributed by atoms with E-state index in [4.69, 9.17) is 4.42 Å². The molecule has 0 atom stereocenters. The number of unbranched alkanes of at least 4 members (excludes halogenated alkanes) is 3. The molecule has 0 amide bonds. The van der Waals surface area contributed by atoms with Gasteiger partial charge >= 0.3 is 0 Å². The Morgan fingerprint density at radius 3 is 2.67 bits per heavy atom. The Kier molecular flexibility index (Phi) is 4.82. The molecule has 0 unspecified atom stereocenters. The van der Waals surface area contributed by atoms with Crippen LogP contribution in [0.4, 0.5) is 0 Å². The molecule has 132 valence electrons. The molecule has 24 heavy (non-hydrogen) atoms. The molecule has 0 spiro atoms. The summed E-state index contributed by atoms with van der Waals surface area (Å²) in [5, 5.41) is 1.35. The predicted octanol–water partition coefficient (Wildman–Crippen LogP) is 7.20. The van der Waals surface area contributed by atoms with Crippen molar-refractivity contribution < 1.29 is 4.42 Å². The van der Waals surface area contributed by atoms with Crippen LogP contribution in [0.5, 0.6) is 0 Å². The first kappa shape index (κ1) is 17.6. The first-order valence-electron chi connectivity index (χ1n) is 9.87. The number of benzene rings is 1. The average molecular weight is 327 g/mol. The molecular weight excluding hydrogens is 292 g/mol. The summed E-state index contributed by atoms with van der Waals surface area (Å²) in [6.45, 7) is 11.7. The van der Waals surface area contributed by atoms with Crippen molar-refractivity contribution in [1.29, 1.82) is 0 Å². The van der Waals surface area contributed by atoms with Crippen LogP contribution in [-0.4, -0.2) is 0 Å². The van der Waals surface area contributed by atoms with Crippen LogP contribution in [0, 0.1) is 5.41 Å². The molecule has 0 saturated heterocycles. The average Bonchev–Trinajstić information content (AvgIpc) is 2.86. The van der Waals surface area contributed by atoms with Crippen molar-refractivity contribution >= 4 is 11.0 Å². The third kappa shape index (κ3) is 3.55. The molecule has 1 aromatic carbocycles. The van der Waals surface area contributed by atoms with E-state index in [1.165, 1.54) is 60.8 Å². The maximum absolute atomic E-state index is 6.30. The fourth-order valence-corrected chi connectivity index (χ4v) is 4.16. The van der Waals surface area contributed by atoms with Gasteiger partial charge in [0, 0.05) is 17.4 Å². The lowest BCUT2D eigenvalue weighted by atomic mass is 9.76. The molecule has 2 aromatic rings. The summed E-state index contributed by atoms with van der Waals surface area (Å²) in [4.78, 5) is 0. The highest BCUT2D eigenvalue weighted by Gasteiger charge is 2.30. The van der Waals surface area contributed by atoms with Gasteiger partial charge in [-0.15, -0.1) is 0 Å². The van der Waals surface area contributed by atoms with E-state index in [-0.39, 0.29) is 5.41 Å². The second-order valence-corrected chi connectivity index (χ2v) is 9.25. The number of aryl methyl sites for hydroxylation is 1. The van der Waals surface area contributed by atoms with Crippen LogP contribution in [0.25, 0.3) is 11.0 Å². The largest absolute Gasteiger partial charge is 0.461 e. The highest BCUT2D eigenvalue weighted by Crippen LogP contribution is 2.41. The monoisotopic (exact) mass is 326 g/mol. The number of hydrogen-bond donors (Lipinski definition) is 0. The van der Waals surface area contributed by atoms with E-state index in [9.17, 15) is 0 Å². The van der Waals surface area contributed by atoms with Crippen LogP contribution in [0.2, 0.25) is 0 Å². The van der Waals surface area contributed by atoms with E-state index < -0.39 is 0 Å². The minimum Gasteiger partial charge on any atom is -0.461 e. The van der Waals surface area contributed by atoms with Crippen LogP contribution >= 0.6 is 0 Å². The van der Waals surface area contributed by atoms with Gasteiger partial charge < -0.3 is 4.42 Å². The lowest BCUT2D eigenvalue weighted by Crippen LogP contribution is -2.20. The normalized spacial score (nSPS) is 17.2. The number of fused-ring (bicyclic) bond motifs is 3. The number of furan rings is 1. The lowest BCUT2D eigenvalue weighted by Gasteiger charge is -2.28. The van der Waals surface area contributed by atoms with Crippen molar-refractivity contribution in [3.8, 4) is 0 Å². The minimum atomic E-state index is 0.231. The Labute approximate surface area is 147 Å². The van der Waals surface area contributed by atoms with E-state index >= 15 is 0 Å². The molecule has 0 aliphatic heterocycles. The van der Waals surface area contributed by atoms with Crippen LogP contribution in [0.3, 0.4) is 0 Å². The van der Waals surface area contributed by atoms with Crippen molar-refractivity contribution in [3.63, 3.8) is 0 Å². The van der Waals surface area contributed by atoms with Gasteiger partial charge in [-0.25, -0.2) is 0 Å². The third-order valence-electron chi connectivity index (χ3n) is 6.00. The van der Waals surface area contributed by atoms with E-state index in [0.717, 1.165) is 18.4 Å². The summed E-state index contributed by atoms with van der Waals surface area (Å²) < 4.78 is 6.30. The molecule has 3 rings (SSSR count). The van der Waals surface area contributed by atoms with Crippen LogP contribution in [0.15, 0.2) is 22.6 Å². The Bertz CT molecular complexity index is 702. The molecule has 1 aliphatic rings. The van der Waals surface area contributed by atoms with Gasteiger partial charge in [0.15, 0.2) is 0 Å². The molecule has 0 N–H and O–H groups in total. The Morgan fingerprint density at radius 1 is 1.12 bits per heavy atom. The zero-order valence-electron chi connectivity index (χ0n) is 16.3. The highest BCUT2D eigenvalue weighted by molar-refractivity contribution is 5.83. The van der Waals surface area contributed by atoms with Gasteiger partial charge in [-0.05, 0) is 41.7 Å². The third-order valence-corrected chi connectivity index (χ3v) is 6.00. The molecule has 1 heterocycles. The summed E-state index contributed by atoms with van der Waals surface area (Å²) in [5.41, 5.74) is 4.61. The van der Waals surface area contributed by atoms with Crippen LogP contribution in [-0.2, 0) is 18.3 Å². The maximum Gasteiger partial charge on any atom is 0.134 e. The van der Waals surface area contributed by atoms with E-state index in [1.54, 1.807) is 0 Å². The first-order valence-corrected chi connectivity index (χ1v) is 9.87. The van der Waals surface area contributed by atoms with Crippen molar-refractivity contribution in [2.75, 3.05) is 0 Å². The van der Waals surface area contributed by atoms with Crippen LogP contribution in [0.1, 0.15) is 90.0 Å². The Morgan fingerprint density at radius 2 is 1.92 bits per heavy atom. The van der Waals surface area contributed by atoms with E-state index in [1.807, 2.05) is 0 Å². The van der Waals surface area contributed by atoms with Gasteiger partial charge in [0.05, 0.1) is 0 Å². The molecule has 0 radical (unpaired) electrons. The highest BCUT2D eigenvalue weighted by atomic mass is 16.3. The quantitative estimate of drug-likeness (QED) is 0.512. The van der Waals surface area contributed by atoms with Gasteiger partial charge in [0.25, 0.3) is 0 Å². The van der Waals surface area contributed by atoms with Crippen molar-refractivity contribution in [2.24, 2.45) is 5.41 Å². The standard InChI is InChI=1S/C23H34O/c1-6-7-8-9-13-23(4,5)17-10-11-18-19-12-14-22(2,3)16-21(19)24-20(18)15-17/h10-11,15H,6-9,12-14,16H2,1-5H3. The topological polar surface area (TPSA) is 13.1 Å². The van der Waals surface area contributed by atoms with Gasteiger partial charge in [-0.2, -0.15) is 0 Å². The number of hydrogen-bond acceptors (Lipinski definition) is 1. The number of rotatable bonds is 6. The van der Waals surface area contributed by atoms with Gasteiger partial charge in [0.2, 0.25) is 0 Å². The molecule has 1 nitrogen and oxygen atoms in total. The fourth-order valence-electron chi connectivity index (χ4n) is 4.16. The van der Waals surface area contributed by atoms with E-state index in [0.29, 0.717) is 5.41 Å². The van der Waals surface area contributed by atoms with Crippen molar-refractivity contribution in [2.45, 2.75) is 91.4 Å². The second-order valence-electron chi connectivity index (χ2n) is 9.25. The maximum atomic E-state index is 6.30. The summed E-state index contributed by atoms with van der Waals surface area (Å²) in [5.74, 6) is 1.24. The lowest BCUT2D eigenvalue weighted by molar-refractivity contribution is 0.287. The summed E-state index contributed by atoms with van der Waals surface area (Å²) in [6.07, 6.45) is 10.1. The summed E-state index contributed by atoms with van der Waals surface area (Å²) in [7, 11) is 0. The molecule has 0 saturated carbocycles. The van der Waals surface area contributed by atoms with Gasteiger partial charge in [-0.1, -0.05) is 72.4 Å². The van der Waals surface area contributed by atoms with E-state index in [2.05, 4.69) is 52.8 Å². The van der Waals surface area contributed by atoms with Gasteiger partial charge in [-0.3, -0.25) is 0 Å². The zero-order valence-corrected chi connectivity index (χ0v) is 16.3. The molecule has 0 bridgehead atoms. The van der Waals surface area contributed by atoms with Crippen molar-refractivity contribution in [3.05, 3.63) is 35.1 Å². The smallest absolute Gasteiger partial charge is 0.134 e. The van der Waals surface area contributed by atoms with Crippen LogP contribution < -0.4 is 0 Å². The SMILES string of the molecule is CCCCCCC(C)(C)c1ccc2c3c(oc2c1)CC(C)(C)CC3. The summed E-state index contributed by atoms with van der Waals surface area (Å²) >= 11 is 0. The molecule has 0 fully saturated rings. The zero-order chi connectivity index (χ0) is 17.4. The predicted molar refractivity (Wildman–Crippen MR) is 104 cm³/mol. The molecule has 1 aromatic heterocycles. The molecule has 1 aliphatic carbocycles. The summed E-state index contributed by atoms with van der Waals surface area (Å²) in [6, 6.07) is 6.98. The molecular formula is C23H34O.